The van der Waals surface area contributed by atoms with Crippen molar-refractivity contribution in [2.45, 2.75) is 13.6 Å². The third kappa shape index (κ3) is 1.64. The van der Waals surface area contributed by atoms with Crippen molar-refractivity contribution in [3.8, 4) is 0 Å². The summed E-state index contributed by atoms with van der Waals surface area (Å²) in [6.07, 6.45) is -0.585. The summed E-state index contributed by atoms with van der Waals surface area (Å²) in [7, 11) is 0. The average molecular weight is 222 g/mol. The van der Waals surface area contributed by atoms with Crippen molar-refractivity contribution in [2.24, 2.45) is 0 Å². The van der Waals surface area contributed by atoms with Gasteiger partial charge in [-0.3, -0.25) is 0 Å². The summed E-state index contributed by atoms with van der Waals surface area (Å²) in [6.45, 7) is 1.27. The van der Waals surface area contributed by atoms with Crippen molar-refractivity contribution >= 4 is 17.0 Å². The molecule has 1 aromatic carbocycles. The molecule has 0 bridgehead atoms. The number of ether oxygens (including phenoxy) is 1. The molecule has 5 heteroatoms. The maximum absolute atomic E-state index is 12.7. The molecule has 0 saturated heterocycles. The molecule has 0 aliphatic rings. The molecule has 0 radical (unpaired) electrons. The van der Waals surface area contributed by atoms with Crippen LogP contribution in [0, 0.1) is 0 Å². The lowest BCUT2D eigenvalue weighted by Crippen LogP contribution is -2.14. The Balaban J connectivity index is 2.57. The largest absolute Gasteiger partial charge is 0.448 e. The van der Waals surface area contributed by atoms with Crippen LogP contribution in [0.25, 0.3) is 10.9 Å². The number of nitrogens with zero attached hydrogens (tertiary/aromatic N) is 2. The number of rotatable bonds is 2. The van der Waals surface area contributed by atoms with Crippen molar-refractivity contribution in [3.63, 3.8) is 0 Å². The summed E-state index contributed by atoms with van der Waals surface area (Å²) in [5, 5.41) is 4.53. The lowest BCUT2D eigenvalue weighted by Gasteiger charge is -2.01. The molecular weight excluding hydrogens is 211 g/mol. The number of carbonyl (C=O) groups is 1. The highest BCUT2D eigenvalue weighted by Crippen LogP contribution is 2.19. The van der Waals surface area contributed by atoms with Crippen molar-refractivity contribution < 1.29 is 13.9 Å². The van der Waals surface area contributed by atoms with Crippen LogP contribution in [-0.2, 0) is 11.4 Å². The highest BCUT2D eigenvalue weighted by Gasteiger charge is 2.15. The van der Waals surface area contributed by atoms with Gasteiger partial charge in [-0.2, -0.15) is 9.78 Å². The molecule has 0 fully saturated rings. The summed E-state index contributed by atoms with van der Waals surface area (Å²) in [4.78, 5) is 11.5. The minimum absolute atomic E-state index is 0.253. The van der Waals surface area contributed by atoms with Crippen LogP contribution in [0.5, 0.6) is 0 Å². The van der Waals surface area contributed by atoms with Gasteiger partial charge in [-0.15, -0.1) is 0 Å². The van der Waals surface area contributed by atoms with Crippen molar-refractivity contribution in [1.29, 1.82) is 0 Å². The Morgan fingerprint density at radius 2 is 2.25 bits per heavy atom. The van der Waals surface area contributed by atoms with E-state index in [-0.39, 0.29) is 12.3 Å². The molecule has 1 heterocycles. The molecule has 2 aromatic rings. The third-order valence-electron chi connectivity index (χ3n) is 2.23. The van der Waals surface area contributed by atoms with E-state index in [0.29, 0.717) is 10.9 Å². The summed E-state index contributed by atoms with van der Waals surface area (Å²) >= 11 is 0. The Morgan fingerprint density at radius 1 is 1.50 bits per heavy atom. The number of fused-ring (bicyclic) bond motifs is 1. The van der Waals surface area contributed by atoms with Gasteiger partial charge >= 0.3 is 6.09 Å². The minimum atomic E-state index is -0.701. The van der Waals surface area contributed by atoms with Gasteiger partial charge in [0.15, 0.2) is 0 Å². The molecule has 0 saturated carbocycles. The van der Waals surface area contributed by atoms with E-state index in [2.05, 4.69) is 5.10 Å². The van der Waals surface area contributed by atoms with E-state index in [1.54, 1.807) is 31.2 Å². The van der Waals surface area contributed by atoms with E-state index in [4.69, 9.17) is 4.74 Å². The zero-order chi connectivity index (χ0) is 11.5. The van der Waals surface area contributed by atoms with Gasteiger partial charge in [0.1, 0.15) is 12.4 Å². The topological polar surface area (TPSA) is 44.1 Å². The first kappa shape index (κ1) is 10.6. The summed E-state index contributed by atoms with van der Waals surface area (Å²) in [5.74, 6) is 0. The van der Waals surface area contributed by atoms with Crippen LogP contribution in [0.4, 0.5) is 9.18 Å². The predicted molar refractivity (Wildman–Crippen MR) is 57.0 cm³/mol. The smallest absolute Gasteiger partial charge is 0.435 e. The van der Waals surface area contributed by atoms with Crippen molar-refractivity contribution in [3.05, 3.63) is 30.0 Å². The van der Waals surface area contributed by atoms with Crippen molar-refractivity contribution in [2.75, 3.05) is 6.61 Å². The monoisotopic (exact) mass is 222 g/mol. The maximum atomic E-state index is 12.7. The number of halogens is 1. The first-order chi connectivity index (χ1) is 7.77. The number of hydrogen-bond donors (Lipinski definition) is 0. The minimum Gasteiger partial charge on any atom is -0.448 e. The SMILES string of the molecule is CCOC(=O)n1nc(CF)c2ccccc21. The second-order valence-electron chi connectivity index (χ2n) is 3.21. The molecule has 0 aliphatic carbocycles. The number of carbonyl (C=O) groups excluding carboxylic acids is 1. The maximum Gasteiger partial charge on any atom is 0.435 e. The van der Waals surface area contributed by atoms with Crippen molar-refractivity contribution in [1.82, 2.24) is 9.78 Å². The summed E-state index contributed by atoms with van der Waals surface area (Å²) in [6, 6.07) is 6.98. The molecule has 0 amide bonds. The third-order valence-corrected chi connectivity index (χ3v) is 2.23. The number of para-hydroxylation sites is 1. The van der Waals surface area contributed by atoms with Gasteiger partial charge in [0.05, 0.1) is 12.1 Å². The second kappa shape index (κ2) is 4.30. The Hall–Kier alpha value is -1.91. The number of aromatic nitrogens is 2. The first-order valence-electron chi connectivity index (χ1n) is 4.97. The fourth-order valence-electron chi connectivity index (χ4n) is 1.55. The molecule has 2 rings (SSSR count). The molecule has 16 heavy (non-hydrogen) atoms. The highest BCUT2D eigenvalue weighted by molar-refractivity contribution is 5.89. The number of benzene rings is 1. The molecule has 0 spiro atoms. The predicted octanol–water partition coefficient (Wildman–Crippen LogP) is 2.51. The van der Waals surface area contributed by atoms with E-state index in [1.165, 1.54) is 0 Å². The zero-order valence-corrected chi connectivity index (χ0v) is 8.81. The van der Waals surface area contributed by atoms with E-state index in [9.17, 15) is 9.18 Å². The molecule has 0 atom stereocenters. The molecule has 0 aliphatic heterocycles. The van der Waals surface area contributed by atoms with E-state index in [0.717, 1.165) is 4.68 Å². The van der Waals surface area contributed by atoms with Crippen LogP contribution in [0.3, 0.4) is 0 Å². The molecule has 84 valence electrons. The van der Waals surface area contributed by atoms with Crippen LogP contribution in [0.15, 0.2) is 24.3 Å². The van der Waals surface area contributed by atoms with E-state index in [1.807, 2.05) is 0 Å². The van der Waals surface area contributed by atoms with Gasteiger partial charge in [0.25, 0.3) is 0 Å². The molecular formula is C11H11FN2O2. The van der Waals surface area contributed by atoms with Gasteiger partial charge in [-0.1, -0.05) is 18.2 Å². The van der Waals surface area contributed by atoms with Gasteiger partial charge in [-0.05, 0) is 13.0 Å². The first-order valence-corrected chi connectivity index (χ1v) is 4.97. The molecule has 1 aromatic heterocycles. The molecule has 0 N–H and O–H groups in total. The lowest BCUT2D eigenvalue weighted by molar-refractivity contribution is 0.151. The average Bonchev–Trinajstić information content (AvgIpc) is 2.68. The van der Waals surface area contributed by atoms with Crippen LogP contribution >= 0.6 is 0 Å². The fraction of sp³-hybridized carbons (Fsp3) is 0.273. The van der Waals surface area contributed by atoms with Gasteiger partial charge in [-0.25, -0.2) is 9.18 Å². The van der Waals surface area contributed by atoms with Gasteiger partial charge < -0.3 is 4.74 Å². The summed E-state index contributed by atoms with van der Waals surface area (Å²) in [5.41, 5.74) is 0.817. The van der Waals surface area contributed by atoms with Gasteiger partial charge in [0.2, 0.25) is 0 Å². The normalized spacial score (nSPS) is 10.6. The quantitative estimate of drug-likeness (QED) is 0.784. The van der Waals surface area contributed by atoms with Crippen LogP contribution < -0.4 is 0 Å². The highest BCUT2D eigenvalue weighted by atomic mass is 19.1. The fourth-order valence-corrected chi connectivity index (χ4v) is 1.55. The van der Waals surface area contributed by atoms with Crippen LogP contribution in [0.1, 0.15) is 12.6 Å². The Labute approximate surface area is 91.6 Å². The number of hydrogen-bond acceptors (Lipinski definition) is 3. The van der Waals surface area contributed by atoms with E-state index < -0.39 is 12.8 Å². The Bertz CT molecular complexity index is 522. The number of alkyl halides is 1. The Kier molecular flexibility index (Phi) is 2.85. The lowest BCUT2D eigenvalue weighted by atomic mass is 10.2. The molecule has 0 unspecified atom stereocenters. The standard InChI is InChI=1S/C11H11FN2O2/c1-2-16-11(15)14-10-6-4-3-5-8(10)9(7-12)13-14/h3-6H,2,7H2,1H3. The van der Waals surface area contributed by atoms with E-state index >= 15 is 0 Å². The van der Waals surface area contributed by atoms with Crippen LogP contribution in [0.2, 0.25) is 0 Å². The second-order valence-corrected chi connectivity index (χ2v) is 3.21. The Morgan fingerprint density at radius 3 is 2.94 bits per heavy atom. The zero-order valence-electron chi connectivity index (χ0n) is 8.81. The summed E-state index contributed by atoms with van der Waals surface area (Å²) < 4.78 is 18.6. The molecule has 4 nitrogen and oxygen atoms in total. The van der Waals surface area contributed by atoms with Crippen LogP contribution in [-0.4, -0.2) is 22.5 Å². The van der Waals surface area contributed by atoms with Gasteiger partial charge in [0, 0.05) is 5.39 Å².